The molecule has 0 aliphatic rings. The van der Waals surface area contributed by atoms with E-state index in [2.05, 4.69) is 34.8 Å². The Kier molecular flexibility index (Phi) is 6.76. The maximum atomic E-state index is 11.8. The Labute approximate surface area is 176 Å². The number of H-pyrrole nitrogens is 1. The number of nitrogens with one attached hydrogen (secondary N) is 1. The molecule has 0 amide bonds. The largest absolute Gasteiger partial charge is 0.461 e. The first-order chi connectivity index (χ1) is 13.8. The second-order valence-corrected chi connectivity index (χ2v) is 14.1. The highest BCUT2D eigenvalue weighted by Crippen LogP contribution is 2.25. The van der Waals surface area contributed by atoms with E-state index in [1.54, 1.807) is 13.0 Å². The van der Waals surface area contributed by atoms with Crippen LogP contribution in [0.5, 0.6) is 0 Å². The van der Waals surface area contributed by atoms with E-state index in [0.29, 0.717) is 25.0 Å². The highest BCUT2D eigenvalue weighted by atomic mass is 35.5. The van der Waals surface area contributed by atoms with Crippen LogP contribution in [-0.2, 0) is 22.6 Å². The van der Waals surface area contributed by atoms with Crippen molar-refractivity contribution in [2.24, 2.45) is 0 Å². The summed E-state index contributed by atoms with van der Waals surface area (Å²) in [5.74, 6) is -0.434. The molecule has 0 fully saturated rings. The number of hydrogen-bond donors (Lipinski definition) is 1. The van der Waals surface area contributed by atoms with Gasteiger partial charge in [-0.3, -0.25) is 9.67 Å². The van der Waals surface area contributed by atoms with Gasteiger partial charge in [0.2, 0.25) is 5.28 Å². The van der Waals surface area contributed by atoms with Crippen molar-refractivity contribution in [1.82, 2.24) is 19.7 Å². The van der Waals surface area contributed by atoms with Gasteiger partial charge in [-0.2, -0.15) is 5.10 Å². The van der Waals surface area contributed by atoms with E-state index in [1.807, 2.05) is 22.8 Å². The van der Waals surface area contributed by atoms with Gasteiger partial charge >= 0.3 is 5.97 Å². The Balaban J connectivity index is 1.76. The maximum absolute atomic E-state index is 11.8. The number of esters is 1. The van der Waals surface area contributed by atoms with Gasteiger partial charge in [0.05, 0.1) is 17.6 Å². The fourth-order valence-corrected chi connectivity index (χ4v) is 3.92. The first kappa shape index (κ1) is 21.5. The number of rotatable bonds is 9. The molecule has 7 nitrogen and oxygen atoms in total. The summed E-state index contributed by atoms with van der Waals surface area (Å²) < 4.78 is 12.7. The molecule has 0 radical (unpaired) electrons. The zero-order valence-corrected chi connectivity index (χ0v) is 19.0. The number of nitrogens with zero attached hydrogens (tertiary/aromatic N) is 3. The Morgan fingerprint density at radius 2 is 2.10 bits per heavy atom. The van der Waals surface area contributed by atoms with Crippen LogP contribution in [0.2, 0.25) is 31.0 Å². The van der Waals surface area contributed by atoms with E-state index in [-0.39, 0.29) is 5.69 Å². The van der Waals surface area contributed by atoms with Crippen molar-refractivity contribution in [2.45, 2.75) is 45.8 Å². The monoisotopic (exact) mass is 434 g/mol. The summed E-state index contributed by atoms with van der Waals surface area (Å²) in [5.41, 5.74) is 3.81. The van der Waals surface area contributed by atoms with Gasteiger partial charge in [0, 0.05) is 26.8 Å². The van der Waals surface area contributed by atoms with Gasteiger partial charge in [-0.05, 0) is 42.3 Å². The minimum atomic E-state index is -1.14. The molecule has 0 saturated heterocycles. The Bertz CT molecular complexity index is 993. The maximum Gasteiger partial charge on any atom is 0.358 e. The van der Waals surface area contributed by atoms with Crippen molar-refractivity contribution in [1.29, 1.82) is 0 Å². The molecule has 0 atom stereocenters. The second kappa shape index (κ2) is 9.11. The standard InChI is InChI=1S/C20H27ClN4O3Si/c1-5-28-19(26)16-12-15(23-24-16)11-14-7-6-8-17-18(14)22-20(21)25(17)13-27-9-10-29(2,3)4/h6-8,12H,5,9-11,13H2,1-4H3,(H,23,24). The predicted octanol–water partition coefficient (Wildman–Crippen LogP) is 4.49. The first-order valence-corrected chi connectivity index (χ1v) is 13.8. The highest BCUT2D eigenvalue weighted by molar-refractivity contribution is 6.76. The molecule has 9 heteroatoms. The summed E-state index contributed by atoms with van der Waals surface area (Å²) in [5, 5.41) is 7.33. The molecule has 0 saturated carbocycles. The minimum Gasteiger partial charge on any atom is -0.461 e. The number of hydrogen-bond acceptors (Lipinski definition) is 5. The number of halogens is 1. The molecule has 0 spiro atoms. The average molecular weight is 435 g/mol. The zero-order valence-electron chi connectivity index (χ0n) is 17.3. The number of aromatic amines is 1. The van der Waals surface area contributed by atoms with Crippen LogP contribution in [0, 0.1) is 0 Å². The molecule has 2 aromatic heterocycles. The number of carbonyl (C=O) groups is 1. The van der Waals surface area contributed by atoms with Crippen LogP contribution in [0.1, 0.15) is 28.7 Å². The molecule has 0 aliphatic carbocycles. The summed E-state index contributed by atoms with van der Waals surface area (Å²) in [6, 6.07) is 8.75. The summed E-state index contributed by atoms with van der Waals surface area (Å²) >= 11 is 6.39. The average Bonchev–Trinajstić information content (AvgIpc) is 3.23. The number of imidazole rings is 1. The molecular formula is C20H27ClN4O3Si. The van der Waals surface area contributed by atoms with Gasteiger partial charge in [0.15, 0.2) is 5.69 Å². The molecular weight excluding hydrogens is 408 g/mol. The van der Waals surface area contributed by atoms with Gasteiger partial charge in [-0.15, -0.1) is 0 Å². The van der Waals surface area contributed by atoms with Crippen LogP contribution in [-0.4, -0.2) is 47.0 Å². The molecule has 156 valence electrons. The van der Waals surface area contributed by atoms with Gasteiger partial charge in [-0.25, -0.2) is 9.78 Å². The molecule has 1 aromatic carbocycles. The summed E-state index contributed by atoms with van der Waals surface area (Å²) in [6.07, 6.45) is 0.549. The highest BCUT2D eigenvalue weighted by Gasteiger charge is 2.16. The SMILES string of the molecule is CCOC(=O)c1cc(Cc2cccc3c2nc(Cl)n3COCC[Si](C)(C)C)[nH]n1. The van der Waals surface area contributed by atoms with Crippen molar-refractivity contribution in [3.8, 4) is 0 Å². The lowest BCUT2D eigenvalue weighted by Gasteiger charge is -2.15. The van der Waals surface area contributed by atoms with Crippen LogP contribution in [0.15, 0.2) is 24.3 Å². The van der Waals surface area contributed by atoms with E-state index in [4.69, 9.17) is 21.1 Å². The normalized spacial score (nSPS) is 11.9. The van der Waals surface area contributed by atoms with Gasteiger partial charge < -0.3 is 9.47 Å². The van der Waals surface area contributed by atoms with Crippen LogP contribution in [0.25, 0.3) is 11.0 Å². The molecule has 3 rings (SSSR count). The van der Waals surface area contributed by atoms with E-state index in [1.165, 1.54) is 0 Å². The van der Waals surface area contributed by atoms with Crippen LogP contribution < -0.4 is 0 Å². The van der Waals surface area contributed by atoms with Crippen molar-refractivity contribution >= 4 is 36.7 Å². The van der Waals surface area contributed by atoms with Crippen LogP contribution in [0.4, 0.5) is 0 Å². The fourth-order valence-electron chi connectivity index (χ4n) is 2.94. The molecule has 0 bridgehead atoms. The predicted molar refractivity (Wildman–Crippen MR) is 116 cm³/mol. The third-order valence-electron chi connectivity index (χ3n) is 4.53. The number of para-hydroxylation sites is 1. The number of carbonyl (C=O) groups excluding carboxylic acids is 1. The van der Waals surface area contributed by atoms with Crippen molar-refractivity contribution in [3.05, 3.63) is 46.5 Å². The van der Waals surface area contributed by atoms with Crippen molar-refractivity contribution in [2.75, 3.05) is 13.2 Å². The number of benzene rings is 1. The molecule has 3 aromatic rings. The van der Waals surface area contributed by atoms with E-state index >= 15 is 0 Å². The van der Waals surface area contributed by atoms with Crippen LogP contribution in [0.3, 0.4) is 0 Å². The Morgan fingerprint density at radius 1 is 1.31 bits per heavy atom. The topological polar surface area (TPSA) is 82.0 Å². The van der Waals surface area contributed by atoms with E-state index in [9.17, 15) is 4.79 Å². The second-order valence-electron chi connectivity index (χ2n) is 8.12. The molecule has 29 heavy (non-hydrogen) atoms. The zero-order chi connectivity index (χ0) is 21.0. The minimum absolute atomic E-state index is 0.272. The Morgan fingerprint density at radius 3 is 2.83 bits per heavy atom. The van der Waals surface area contributed by atoms with Gasteiger partial charge in [-0.1, -0.05) is 31.8 Å². The van der Waals surface area contributed by atoms with Gasteiger partial charge in [0.1, 0.15) is 6.73 Å². The summed E-state index contributed by atoms with van der Waals surface area (Å²) in [6.45, 7) is 10.1. The number of ether oxygens (including phenoxy) is 2. The number of fused-ring (bicyclic) bond motifs is 1. The molecule has 0 unspecified atom stereocenters. The summed E-state index contributed by atoms with van der Waals surface area (Å²) in [4.78, 5) is 16.3. The quantitative estimate of drug-likeness (QED) is 0.304. The molecule has 1 N–H and O–H groups in total. The Hall–Kier alpha value is -2.16. The van der Waals surface area contributed by atoms with Crippen molar-refractivity contribution in [3.63, 3.8) is 0 Å². The smallest absolute Gasteiger partial charge is 0.358 e. The van der Waals surface area contributed by atoms with Crippen molar-refractivity contribution < 1.29 is 14.3 Å². The summed E-state index contributed by atoms with van der Waals surface area (Å²) in [7, 11) is -1.14. The number of aromatic nitrogens is 4. The third kappa shape index (κ3) is 5.46. The molecule has 2 heterocycles. The lowest BCUT2D eigenvalue weighted by Crippen LogP contribution is -2.22. The lowest BCUT2D eigenvalue weighted by molar-refractivity contribution is 0.0519. The lowest BCUT2D eigenvalue weighted by atomic mass is 10.1. The van der Waals surface area contributed by atoms with Crippen LogP contribution >= 0.6 is 11.6 Å². The molecule has 0 aliphatic heterocycles. The third-order valence-corrected chi connectivity index (χ3v) is 6.52. The van der Waals surface area contributed by atoms with E-state index in [0.717, 1.165) is 34.9 Å². The van der Waals surface area contributed by atoms with E-state index < -0.39 is 14.0 Å². The van der Waals surface area contributed by atoms with Gasteiger partial charge in [0.25, 0.3) is 0 Å². The fraction of sp³-hybridized carbons (Fsp3) is 0.450. The first-order valence-electron chi connectivity index (χ1n) is 9.71.